The largest absolute Gasteiger partial charge is 0.367 e. The van der Waals surface area contributed by atoms with E-state index in [9.17, 15) is 26.4 Å². The molecule has 1 aromatic carbocycles. The minimum atomic E-state index is -4.86. The van der Waals surface area contributed by atoms with Crippen LogP contribution >= 0.6 is 11.3 Å². The maximum Gasteiger partial charge on any atom is 0.341 e. The highest BCUT2D eigenvalue weighted by Gasteiger charge is 2.33. The molecule has 1 unspecified atom stereocenters. The Balaban J connectivity index is 1.75. The lowest BCUT2D eigenvalue weighted by molar-refractivity contribution is 0.0934. The number of halogens is 3. The molecule has 1 aliphatic heterocycles. The average molecular weight is 432 g/mol. The minimum Gasteiger partial charge on any atom is -0.367 e. The number of anilines is 1. The highest BCUT2D eigenvalue weighted by Crippen LogP contribution is 2.28. The number of benzene rings is 1. The highest BCUT2D eigenvalue weighted by atomic mass is 32.2. The first-order valence-electron chi connectivity index (χ1n) is 8.61. The quantitative estimate of drug-likeness (QED) is 0.784. The van der Waals surface area contributed by atoms with Gasteiger partial charge >= 0.3 is 5.76 Å². The Labute approximate surface area is 165 Å². The zero-order chi connectivity index (χ0) is 20.5. The Kier molecular flexibility index (Phi) is 5.99. The molecule has 3 rings (SSSR count). The Bertz CT molecular complexity index is 976. The minimum absolute atomic E-state index is 0.265. The molecule has 28 heavy (non-hydrogen) atoms. The van der Waals surface area contributed by atoms with Crippen LogP contribution in [-0.2, 0) is 9.84 Å². The van der Waals surface area contributed by atoms with E-state index in [1.807, 2.05) is 11.8 Å². The van der Waals surface area contributed by atoms with Gasteiger partial charge in [0.25, 0.3) is 5.91 Å². The van der Waals surface area contributed by atoms with Crippen molar-refractivity contribution in [1.29, 1.82) is 0 Å². The van der Waals surface area contributed by atoms with E-state index >= 15 is 0 Å². The lowest BCUT2D eigenvalue weighted by atomic mass is 10.0. The number of carbonyl (C=O) groups is 1. The summed E-state index contributed by atoms with van der Waals surface area (Å²) in [5, 5.41) is 4.00. The summed E-state index contributed by atoms with van der Waals surface area (Å²) in [5.74, 6) is -4.67. The van der Waals surface area contributed by atoms with Crippen molar-refractivity contribution in [2.45, 2.75) is 36.5 Å². The first kappa shape index (κ1) is 20.7. The Hall–Kier alpha value is -2.07. The summed E-state index contributed by atoms with van der Waals surface area (Å²) in [7, 11) is -4.86. The van der Waals surface area contributed by atoms with Gasteiger partial charge < -0.3 is 10.2 Å². The number of nitrogens with zero attached hydrogens (tertiary/aromatic N) is 1. The van der Waals surface area contributed by atoms with E-state index in [1.165, 1.54) is 11.4 Å². The summed E-state index contributed by atoms with van der Waals surface area (Å²) in [6, 6.07) is 5.44. The number of amides is 1. The summed E-state index contributed by atoms with van der Waals surface area (Å²) in [5.41, 5.74) is 1.35. The van der Waals surface area contributed by atoms with Crippen molar-refractivity contribution in [1.82, 2.24) is 5.32 Å². The molecule has 1 aromatic heterocycles. The third-order valence-electron chi connectivity index (χ3n) is 4.58. The van der Waals surface area contributed by atoms with Crippen molar-refractivity contribution in [2.24, 2.45) is 0 Å². The number of alkyl halides is 2. The number of aryl methyl sites for hydroxylation is 1. The van der Waals surface area contributed by atoms with Crippen LogP contribution in [-0.4, -0.2) is 39.2 Å². The number of piperidine rings is 1. The smallest absolute Gasteiger partial charge is 0.341 e. The Morgan fingerprint density at radius 2 is 2.07 bits per heavy atom. The van der Waals surface area contributed by atoms with Gasteiger partial charge in [0.05, 0.1) is 10.6 Å². The Morgan fingerprint density at radius 1 is 1.32 bits per heavy atom. The summed E-state index contributed by atoms with van der Waals surface area (Å²) in [4.78, 5) is 13.4. The van der Waals surface area contributed by atoms with E-state index in [2.05, 4.69) is 5.32 Å². The topological polar surface area (TPSA) is 66.5 Å². The van der Waals surface area contributed by atoms with Crippen molar-refractivity contribution in [3.05, 3.63) is 45.9 Å². The molecular weight excluding hydrogens is 413 g/mol. The molecule has 5 nitrogen and oxygen atoms in total. The van der Waals surface area contributed by atoms with Crippen molar-refractivity contribution in [2.75, 3.05) is 18.0 Å². The number of rotatable bonds is 5. The number of hydrogen-bond donors (Lipinski definition) is 1. The molecule has 1 amide bonds. The first-order valence-corrected chi connectivity index (χ1v) is 11.0. The number of sulfone groups is 1. The average Bonchev–Trinajstić information content (AvgIpc) is 3.14. The van der Waals surface area contributed by atoms with Gasteiger partial charge in [-0.15, -0.1) is 11.3 Å². The molecule has 0 radical (unpaired) electrons. The van der Waals surface area contributed by atoms with Crippen LogP contribution in [0.5, 0.6) is 0 Å². The fourth-order valence-corrected chi connectivity index (χ4v) is 5.28. The molecule has 1 fully saturated rings. The number of thiophene rings is 1. The second-order valence-corrected chi connectivity index (χ2v) is 9.44. The third-order valence-corrected chi connectivity index (χ3v) is 7.04. The highest BCUT2D eigenvalue weighted by molar-refractivity contribution is 7.92. The van der Waals surface area contributed by atoms with Crippen LogP contribution in [0.1, 0.15) is 28.1 Å². The maximum absolute atomic E-state index is 14.2. The van der Waals surface area contributed by atoms with E-state index < -0.39 is 26.4 Å². The molecule has 0 saturated carbocycles. The first-order chi connectivity index (χ1) is 13.2. The molecule has 1 aliphatic rings. The van der Waals surface area contributed by atoms with E-state index in [0.717, 1.165) is 23.0 Å². The van der Waals surface area contributed by atoms with Gasteiger partial charge in [0.1, 0.15) is 10.7 Å². The molecule has 2 aromatic rings. The van der Waals surface area contributed by atoms with Crippen molar-refractivity contribution in [3.63, 3.8) is 0 Å². The molecule has 0 bridgehead atoms. The number of hydrogen-bond acceptors (Lipinski definition) is 5. The van der Waals surface area contributed by atoms with Crippen LogP contribution in [0.25, 0.3) is 0 Å². The van der Waals surface area contributed by atoms with Gasteiger partial charge in [0.2, 0.25) is 9.84 Å². The second kappa shape index (κ2) is 8.12. The molecule has 2 heterocycles. The lowest BCUT2D eigenvalue weighted by Crippen LogP contribution is -2.48. The van der Waals surface area contributed by atoms with Gasteiger partial charge in [-0.3, -0.25) is 4.79 Å². The summed E-state index contributed by atoms with van der Waals surface area (Å²) < 4.78 is 63.3. The fourth-order valence-electron chi connectivity index (χ4n) is 3.21. The summed E-state index contributed by atoms with van der Waals surface area (Å²) in [6.45, 7) is 2.82. The van der Waals surface area contributed by atoms with Gasteiger partial charge in [-0.1, -0.05) is 6.07 Å². The Morgan fingerprint density at radius 3 is 2.79 bits per heavy atom. The van der Waals surface area contributed by atoms with Crippen LogP contribution < -0.4 is 10.2 Å². The zero-order valence-electron chi connectivity index (χ0n) is 15.0. The molecular formula is C18H19F3N2O3S2. The van der Waals surface area contributed by atoms with Crippen molar-refractivity contribution < 1.29 is 26.4 Å². The summed E-state index contributed by atoms with van der Waals surface area (Å²) >= 11 is 0.794. The molecule has 0 aliphatic carbocycles. The van der Waals surface area contributed by atoms with Crippen LogP contribution in [0.15, 0.2) is 34.5 Å². The molecule has 152 valence electrons. The number of carbonyl (C=O) groups excluding carboxylic acids is 1. The second-order valence-electron chi connectivity index (χ2n) is 6.63. The monoisotopic (exact) mass is 432 g/mol. The van der Waals surface area contributed by atoms with Crippen molar-refractivity contribution in [3.8, 4) is 0 Å². The third kappa shape index (κ3) is 4.17. The molecule has 1 N–H and O–H groups in total. The lowest BCUT2D eigenvalue weighted by Gasteiger charge is -2.35. The van der Waals surface area contributed by atoms with Crippen molar-refractivity contribution >= 4 is 32.8 Å². The van der Waals surface area contributed by atoms with Gasteiger partial charge in [0, 0.05) is 19.1 Å². The van der Waals surface area contributed by atoms with Crippen LogP contribution in [0.2, 0.25) is 0 Å². The predicted molar refractivity (Wildman–Crippen MR) is 101 cm³/mol. The van der Waals surface area contributed by atoms with Gasteiger partial charge in [-0.2, -0.15) is 8.78 Å². The van der Waals surface area contributed by atoms with Crippen LogP contribution in [0.4, 0.5) is 18.9 Å². The van der Waals surface area contributed by atoms with E-state index in [-0.39, 0.29) is 16.7 Å². The fraction of sp³-hybridized carbons (Fsp3) is 0.389. The van der Waals surface area contributed by atoms with Gasteiger partial charge in [-0.25, -0.2) is 12.8 Å². The van der Waals surface area contributed by atoms with Gasteiger partial charge in [0.15, 0.2) is 0 Å². The van der Waals surface area contributed by atoms with Crippen LogP contribution in [0, 0.1) is 12.7 Å². The SMILES string of the molecule is Cc1ccc(F)c(N2CCCC(NC(=O)c3sccc3S(=O)(=O)C(F)F)C2)c1. The van der Waals surface area contributed by atoms with Gasteiger partial charge in [-0.05, 0) is 48.9 Å². The van der Waals surface area contributed by atoms with Crippen LogP contribution in [0.3, 0.4) is 0 Å². The van der Waals surface area contributed by atoms with E-state index in [0.29, 0.717) is 31.6 Å². The molecule has 1 atom stereocenters. The molecule has 0 spiro atoms. The normalized spacial score (nSPS) is 17.8. The zero-order valence-corrected chi connectivity index (χ0v) is 16.6. The summed E-state index contributed by atoms with van der Waals surface area (Å²) in [6.07, 6.45) is 1.32. The molecule has 1 saturated heterocycles. The van der Waals surface area contributed by atoms with E-state index in [1.54, 1.807) is 12.1 Å². The van der Waals surface area contributed by atoms with E-state index in [4.69, 9.17) is 0 Å². The predicted octanol–water partition coefficient (Wildman–Crippen LogP) is 3.59. The number of nitrogens with one attached hydrogen (secondary N) is 1. The molecule has 10 heteroatoms. The maximum atomic E-state index is 14.2. The standard InChI is InChI=1S/C18H19F3N2O3S2/c1-11-4-5-13(19)14(9-11)23-7-2-3-12(10-23)22-17(24)16-15(6-8-27-16)28(25,26)18(20)21/h4-6,8-9,12,18H,2-3,7,10H2,1H3,(H,22,24).